The molecule has 0 saturated carbocycles. The van der Waals surface area contributed by atoms with Crippen molar-refractivity contribution in [3.8, 4) is 0 Å². The Labute approximate surface area is 126 Å². The van der Waals surface area contributed by atoms with Gasteiger partial charge in [0.2, 0.25) is 0 Å². The Hall–Kier alpha value is -1.18. The van der Waals surface area contributed by atoms with E-state index in [0.29, 0.717) is 26.4 Å². The van der Waals surface area contributed by atoms with Crippen molar-refractivity contribution in [2.75, 3.05) is 46.8 Å². The molecule has 0 radical (unpaired) electrons. The van der Waals surface area contributed by atoms with Crippen molar-refractivity contribution in [3.05, 3.63) is 0 Å². The Bertz CT molecular complexity index is 248. The van der Waals surface area contributed by atoms with Gasteiger partial charge in [0.15, 0.2) is 0 Å². The predicted octanol–water partition coefficient (Wildman–Crippen LogP) is 1.19. The van der Waals surface area contributed by atoms with Crippen LogP contribution in [0.2, 0.25) is 0 Å². The number of hydrogen-bond acceptors (Lipinski definition) is 7. The Morgan fingerprint density at radius 2 is 1.52 bits per heavy atom. The Morgan fingerprint density at radius 1 is 0.952 bits per heavy atom. The van der Waals surface area contributed by atoms with Gasteiger partial charge < -0.3 is 23.7 Å². The van der Waals surface area contributed by atoms with Crippen molar-refractivity contribution in [2.45, 2.75) is 33.8 Å². The van der Waals surface area contributed by atoms with Crippen LogP contribution in [0, 0.1) is 0 Å². The molecule has 0 aliphatic rings. The lowest BCUT2D eigenvalue weighted by Gasteiger charge is -2.10. The molecule has 7 nitrogen and oxygen atoms in total. The van der Waals surface area contributed by atoms with Crippen molar-refractivity contribution < 1.29 is 33.3 Å². The van der Waals surface area contributed by atoms with Crippen LogP contribution in [0.4, 0.5) is 0 Å². The van der Waals surface area contributed by atoms with Gasteiger partial charge in [-0.25, -0.2) is 0 Å². The molecule has 0 spiro atoms. The molecule has 0 bridgehead atoms. The fourth-order valence-corrected chi connectivity index (χ4v) is 1.06. The lowest BCUT2D eigenvalue weighted by atomic mass is 10.4. The first-order valence-electron chi connectivity index (χ1n) is 6.89. The predicted molar refractivity (Wildman–Crippen MR) is 77.0 cm³/mol. The zero-order valence-corrected chi connectivity index (χ0v) is 13.7. The first kappa shape index (κ1) is 22.1. The van der Waals surface area contributed by atoms with Gasteiger partial charge in [-0.15, -0.1) is 0 Å². The number of carbonyl (C=O) groups excluding carboxylic acids is 2. The summed E-state index contributed by atoms with van der Waals surface area (Å²) in [6.45, 7) is 9.78. The lowest BCUT2D eigenvalue weighted by molar-refractivity contribution is -0.155. The summed E-state index contributed by atoms with van der Waals surface area (Å²) in [6.07, 6.45) is -0.364. The van der Waals surface area contributed by atoms with E-state index < -0.39 is 0 Å². The second-order valence-corrected chi connectivity index (χ2v) is 4.02. The average Bonchev–Trinajstić information content (AvgIpc) is 2.40. The fourth-order valence-electron chi connectivity index (χ4n) is 1.06. The molecular formula is C14H28O7. The van der Waals surface area contributed by atoms with Crippen molar-refractivity contribution in [3.63, 3.8) is 0 Å². The van der Waals surface area contributed by atoms with Gasteiger partial charge in [0.05, 0.1) is 26.4 Å². The van der Waals surface area contributed by atoms with Crippen LogP contribution < -0.4 is 0 Å². The van der Waals surface area contributed by atoms with Gasteiger partial charge in [0.25, 0.3) is 0 Å². The number of hydrogen-bond donors (Lipinski definition) is 0. The molecule has 21 heavy (non-hydrogen) atoms. The van der Waals surface area contributed by atoms with Crippen LogP contribution >= 0.6 is 0 Å². The van der Waals surface area contributed by atoms with E-state index in [1.165, 1.54) is 13.8 Å². The molecule has 126 valence electrons. The standard InChI is InChI=1S/C7H12O4.C7H16O3/c1-5(11-7(3)9)4-10-6(2)8;1-3-9-6-7-10-5-4-8-2/h5H,4H2,1-3H3;3-7H2,1-2H3. The topological polar surface area (TPSA) is 80.3 Å². The normalized spacial score (nSPS) is 11.1. The summed E-state index contributed by atoms with van der Waals surface area (Å²) in [5, 5.41) is 0. The Kier molecular flexibility index (Phi) is 17.8. The van der Waals surface area contributed by atoms with Crippen molar-refractivity contribution in [1.29, 1.82) is 0 Å². The third kappa shape index (κ3) is 24.2. The van der Waals surface area contributed by atoms with Crippen LogP contribution in [0.15, 0.2) is 0 Å². The SMILES string of the molecule is CC(=O)OCC(C)OC(C)=O.CCOCCOCCOC. The summed E-state index contributed by atoms with van der Waals surface area (Å²) in [4.78, 5) is 20.6. The van der Waals surface area contributed by atoms with Crippen LogP contribution in [-0.2, 0) is 33.3 Å². The molecule has 0 heterocycles. The molecule has 0 aromatic carbocycles. The molecular weight excluding hydrogens is 280 g/mol. The van der Waals surface area contributed by atoms with E-state index in [0.717, 1.165) is 6.61 Å². The fraction of sp³-hybridized carbons (Fsp3) is 0.857. The van der Waals surface area contributed by atoms with Gasteiger partial charge >= 0.3 is 11.9 Å². The number of ether oxygens (including phenoxy) is 5. The number of carbonyl (C=O) groups is 2. The van der Waals surface area contributed by atoms with E-state index in [9.17, 15) is 9.59 Å². The molecule has 7 heteroatoms. The van der Waals surface area contributed by atoms with E-state index in [-0.39, 0.29) is 24.6 Å². The largest absolute Gasteiger partial charge is 0.462 e. The summed E-state index contributed by atoms with van der Waals surface area (Å²) in [5.41, 5.74) is 0. The van der Waals surface area contributed by atoms with Crippen molar-refractivity contribution >= 4 is 11.9 Å². The third-order valence-electron chi connectivity index (χ3n) is 1.90. The van der Waals surface area contributed by atoms with Gasteiger partial charge in [0.1, 0.15) is 12.7 Å². The molecule has 0 aliphatic carbocycles. The Morgan fingerprint density at radius 3 is 2.00 bits per heavy atom. The van der Waals surface area contributed by atoms with Crippen LogP contribution in [0.25, 0.3) is 0 Å². The number of esters is 2. The van der Waals surface area contributed by atoms with Crippen LogP contribution in [-0.4, -0.2) is 64.8 Å². The van der Waals surface area contributed by atoms with Gasteiger partial charge in [-0.3, -0.25) is 9.59 Å². The zero-order valence-electron chi connectivity index (χ0n) is 13.7. The summed E-state index contributed by atoms with van der Waals surface area (Å²) in [7, 11) is 1.66. The van der Waals surface area contributed by atoms with Gasteiger partial charge in [-0.1, -0.05) is 0 Å². The maximum atomic E-state index is 10.3. The third-order valence-corrected chi connectivity index (χ3v) is 1.90. The van der Waals surface area contributed by atoms with E-state index >= 15 is 0 Å². The van der Waals surface area contributed by atoms with Gasteiger partial charge in [-0.05, 0) is 13.8 Å². The Balaban J connectivity index is 0. The van der Waals surface area contributed by atoms with Crippen LogP contribution in [0.1, 0.15) is 27.7 Å². The quantitative estimate of drug-likeness (QED) is 0.443. The molecule has 0 aromatic rings. The highest BCUT2D eigenvalue weighted by atomic mass is 16.6. The van der Waals surface area contributed by atoms with E-state index in [4.69, 9.17) is 14.2 Å². The molecule has 0 N–H and O–H groups in total. The molecule has 0 saturated heterocycles. The van der Waals surface area contributed by atoms with Crippen LogP contribution in [0.5, 0.6) is 0 Å². The number of methoxy groups -OCH3 is 1. The molecule has 1 unspecified atom stereocenters. The summed E-state index contributed by atoms with van der Waals surface area (Å²) < 4.78 is 24.2. The number of rotatable bonds is 10. The summed E-state index contributed by atoms with van der Waals surface area (Å²) in [5.74, 6) is -0.742. The molecule has 0 rings (SSSR count). The first-order valence-corrected chi connectivity index (χ1v) is 6.89. The second-order valence-electron chi connectivity index (χ2n) is 4.02. The highest BCUT2D eigenvalue weighted by Crippen LogP contribution is 1.92. The van der Waals surface area contributed by atoms with Gasteiger partial charge in [-0.2, -0.15) is 0 Å². The van der Waals surface area contributed by atoms with E-state index in [1.54, 1.807) is 14.0 Å². The summed E-state index contributed by atoms with van der Waals surface area (Å²) in [6, 6.07) is 0. The maximum Gasteiger partial charge on any atom is 0.303 e. The minimum absolute atomic E-state index is 0.120. The maximum absolute atomic E-state index is 10.3. The highest BCUT2D eigenvalue weighted by molar-refractivity contribution is 5.67. The van der Waals surface area contributed by atoms with Crippen molar-refractivity contribution in [1.82, 2.24) is 0 Å². The van der Waals surface area contributed by atoms with Crippen molar-refractivity contribution in [2.24, 2.45) is 0 Å². The van der Waals surface area contributed by atoms with Gasteiger partial charge in [0, 0.05) is 27.6 Å². The molecule has 0 aromatic heterocycles. The smallest absolute Gasteiger partial charge is 0.303 e. The minimum Gasteiger partial charge on any atom is -0.462 e. The molecule has 0 fully saturated rings. The monoisotopic (exact) mass is 308 g/mol. The van der Waals surface area contributed by atoms with E-state index in [1.807, 2.05) is 6.92 Å². The molecule has 0 amide bonds. The first-order chi connectivity index (χ1) is 9.93. The molecule has 0 aliphatic heterocycles. The lowest BCUT2D eigenvalue weighted by Crippen LogP contribution is -2.19. The summed E-state index contributed by atoms with van der Waals surface area (Å²) >= 11 is 0. The second kappa shape index (κ2) is 16.9. The molecule has 1 atom stereocenters. The zero-order chi connectivity index (χ0) is 16.5. The average molecular weight is 308 g/mol. The van der Waals surface area contributed by atoms with E-state index in [2.05, 4.69) is 9.47 Å². The van der Waals surface area contributed by atoms with Crippen LogP contribution in [0.3, 0.4) is 0 Å². The minimum atomic E-state index is -0.371. The highest BCUT2D eigenvalue weighted by Gasteiger charge is 2.06.